The van der Waals surface area contributed by atoms with Crippen LogP contribution in [0.1, 0.15) is 52.5 Å². The maximum atomic E-state index is 14.0. The monoisotopic (exact) mass is 428 g/mol. The summed E-state index contributed by atoms with van der Waals surface area (Å²) in [5.74, 6) is 0.478. The van der Waals surface area contributed by atoms with Crippen molar-refractivity contribution in [3.05, 3.63) is 35.9 Å². The van der Waals surface area contributed by atoms with E-state index in [9.17, 15) is 9.59 Å². The Kier molecular flexibility index (Phi) is 7.76. The lowest BCUT2D eigenvalue weighted by molar-refractivity contribution is -0.142. The summed E-state index contributed by atoms with van der Waals surface area (Å²) in [5, 5.41) is 9.53. The van der Waals surface area contributed by atoms with Gasteiger partial charge < -0.3 is 20.9 Å². The van der Waals surface area contributed by atoms with Gasteiger partial charge >= 0.3 is 0 Å². The van der Waals surface area contributed by atoms with E-state index in [2.05, 4.69) is 45.1 Å². The van der Waals surface area contributed by atoms with Gasteiger partial charge in [0, 0.05) is 18.6 Å². The summed E-state index contributed by atoms with van der Waals surface area (Å²) in [4.78, 5) is 28.8. The van der Waals surface area contributed by atoms with E-state index in [0.717, 1.165) is 38.8 Å². The van der Waals surface area contributed by atoms with Crippen molar-refractivity contribution >= 4 is 11.8 Å². The van der Waals surface area contributed by atoms with Gasteiger partial charge in [0.05, 0.1) is 6.04 Å². The molecule has 0 aliphatic carbocycles. The molecule has 5 atom stereocenters. The highest BCUT2D eigenvalue weighted by molar-refractivity contribution is 5.90. The molecular formula is C25H40N4O2. The van der Waals surface area contributed by atoms with E-state index in [-0.39, 0.29) is 35.4 Å². The van der Waals surface area contributed by atoms with Crippen LogP contribution in [0.25, 0.3) is 0 Å². The van der Waals surface area contributed by atoms with Gasteiger partial charge in [-0.3, -0.25) is 9.59 Å². The highest BCUT2D eigenvalue weighted by Gasteiger charge is 2.48. The number of aryl methyl sites for hydroxylation is 1. The van der Waals surface area contributed by atoms with E-state index in [0.29, 0.717) is 5.92 Å². The van der Waals surface area contributed by atoms with Crippen LogP contribution in [0.5, 0.6) is 0 Å². The highest BCUT2D eigenvalue weighted by atomic mass is 16.2. The van der Waals surface area contributed by atoms with Crippen molar-refractivity contribution in [2.24, 2.45) is 11.3 Å². The molecule has 2 heterocycles. The molecule has 3 rings (SSSR count). The quantitative estimate of drug-likeness (QED) is 0.623. The lowest BCUT2D eigenvalue weighted by Gasteiger charge is -2.40. The van der Waals surface area contributed by atoms with E-state index in [4.69, 9.17) is 0 Å². The second kappa shape index (κ2) is 10.1. The first-order valence-corrected chi connectivity index (χ1v) is 11.8. The first-order valence-electron chi connectivity index (χ1n) is 11.8. The molecule has 2 fully saturated rings. The van der Waals surface area contributed by atoms with Crippen molar-refractivity contribution in [3.63, 3.8) is 0 Å². The molecule has 0 spiro atoms. The molecule has 172 valence electrons. The van der Waals surface area contributed by atoms with Crippen molar-refractivity contribution in [2.75, 3.05) is 20.1 Å². The number of nitrogens with zero attached hydrogens (tertiary/aromatic N) is 1. The van der Waals surface area contributed by atoms with Crippen LogP contribution in [0, 0.1) is 11.3 Å². The number of amides is 2. The Morgan fingerprint density at radius 3 is 2.58 bits per heavy atom. The smallest absolute Gasteiger partial charge is 0.246 e. The molecule has 6 heteroatoms. The summed E-state index contributed by atoms with van der Waals surface area (Å²) >= 11 is 0. The van der Waals surface area contributed by atoms with Gasteiger partial charge in [0.2, 0.25) is 11.8 Å². The SMILES string of the molecule is CN[C@@H](C)C(=O)N[C@H](C(=O)N1C2CNCCC2C[C@H]1CCc1ccccc1)C(C)(C)C. The first-order chi connectivity index (χ1) is 14.7. The molecule has 31 heavy (non-hydrogen) atoms. The Bertz CT molecular complexity index is 746. The molecule has 2 aliphatic heterocycles. The Morgan fingerprint density at radius 1 is 1.23 bits per heavy atom. The first kappa shape index (κ1) is 23.7. The molecule has 2 saturated heterocycles. The topological polar surface area (TPSA) is 73.5 Å². The summed E-state index contributed by atoms with van der Waals surface area (Å²) < 4.78 is 0. The number of likely N-dealkylation sites (tertiary alicyclic amines) is 1. The molecule has 1 aromatic carbocycles. The number of nitrogens with one attached hydrogen (secondary N) is 3. The third-order valence-electron chi connectivity index (χ3n) is 7.00. The molecule has 0 radical (unpaired) electrons. The van der Waals surface area contributed by atoms with Gasteiger partial charge in [-0.2, -0.15) is 0 Å². The predicted octanol–water partition coefficient (Wildman–Crippen LogP) is 2.34. The van der Waals surface area contributed by atoms with Gasteiger partial charge in [0.25, 0.3) is 0 Å². The normalized spacial score (nSPS) is 25.6. The van der Waals surface area contributed by atoms with Gasteiger partial charge in [-0.1, -0.05) is 51.1 Å². The van der Waals surface area contributed by atoms with E-state index < -0.39 is 6.04 Å². The second-order valence-corrected chi connectivity index (χ2v) is 10.3. The molecule has 0 bridgehead atoms. The highest BCUT2D eigenvalue weighted by Crippen LogP contribution is 2.37. The zero-order valence-corrected chi connectivity index (χ0v) is 19.8. The van der Waals surface area contributed by atoms with Crippen molar-refractivity contribution in [1.82, 2.24) is 20.9 Å². The van der Waals surface area contributed by atoms with E-state index in [1.54, 1.807) is 7.05 Å². The average Bonchev–Trinajstić information content (AvgIpc) is 3.13. The summed E-state index contributed by atoms with van der Waals surface area (Å²) in [5.41, 5.74) is 0.941. The van der Waals surface area contributed by atoms with Crippen molar-refractivity contribution in [1.29, 1.82) is 0 Å². The van der Waals surface area contributed by atoms with Crippen molar-refractivity contribution in [3.8, 4) is 0 Å². The van der Waals surface area contributed by atoms with Crippen LogP contribution in [0.4, 0.5) is 0 Å². The van der Waals surface area contributed by atoms with Gasteiger partial charge in [-0.25, -0.2) is 0 Å². The van der Waals surface area contributed by atoms with Crippen LogP contribution in [0.2, 0.25) is 0 Å². The number of carbonyl (C=O) groups is 2. The summed E-state index contributed by atoms with van der Waals surface area (Å²) in [6, 6.07) is 10.1. The Labute approximate surface area is 187 Å². The van der Waals surface area contributed by atoms with E-state index in [1.165, 1.54) is 5.56 Å². The minimum Gasteiger partial charge on any atom is -0.342 e. The number of carbonyl (C=O) groups excluding carboxylic acids is 2. The van der Waals surface area contributed by atoms with E-state index in [1.807, 2.05) is 33.8 Å². The Morgan fingerprint density at radius 2 is 1.94 bits per heavy atom. The molecule has 2 unspecified atom stereocenters. The lowest BCUT2D eigenvalue weighted by atomic mass is 9.85. The van der Waals surface area contributed by atoms with Crippen LogP contribution in [0.15, 0.2) is 30.3 Å². The fraction of sp³-hybridized carbons (Fsp3) is 0.680. The second-order valence-electron chi connectivity index (χ2n) is 10.3. The van der Waals surface area contributed by atoms with Crippen LogP contribution >= 0.6 is 0 Å². The maximum absolute atomic E-state index is 14.0. The number of piperidine rings is 1. The largest absolute Gasteiger partial charge is 0.342 e. The molecule has 0 aromatic heterocycles. The standard InChI is InChI=1S/C25H40N4O2/c1-17(26-5)23(30)28-22(25(2,3)4)24(31)29-20(12-11-18-9-7-6-8-10-18)15-19-13-14-27-16-21(19)29/h6-10,17,19-22,26-27H,11-16H2,1-5H3,(H,28,30)/t17-,19?,20+,21?,22+/m0/s1. The van der Waals surface area contributed by atoms with Crippen LogP contribution in [0.3, 0.4) is 0 Å². The third-order valence-corrected chi connectivity index (χ3v) is 7.00. The number of rotatable bonds is 7. The van der Waals surface area contributed by atoms with Crippen molar-refractivity contribution < 1.29 is 9.59 Å². The van der Waals surface area contributed by atoms with E-state index >= 15 is 0 Å². The number of likely N-dealkylation sites (N-methyl/N-ethyl adjacent to an activating group) is 1. The van der Waals surface area contributed by atoms with Gasteiger partial charge in [-0.05, 0) is 63.1 Å². The molecule has 2 aliphatic rings. The minimum absolute atomic E-state index is 0.0680. The summed E-state index contributed by atoms with van der Waals surface area (Å²) in [6.07, 6.45) is 4.09. The minimum atomic E-state index is -0.546. The Balaban J connectivity index is 1.82. The number of hydrogen-bond donors (Lipinski definition) is 3. The third kappa shape index (κ3) is 5.66. The Hall–Kier alpha value is -1.92. The van der Waals surface area contributed by atoms with Crippen LogP contribution in [-0.4, -0.2) is 61.0 Å². The molecule has 6 nitrogen and oxygen atoms in total. The molecule has 3 N–H and O–H groups in total. The van der Waals surface area contributed by atoms with Gasteiger partial charge in [0.1, 0.15) is 6.04 Å². The molecule has 2 amide bonds. The number of hydrogen-bond acceptors (Lipinski definition) is 4. The zero-order valence-electron chi connectivity index (χ0n) is 19.8. The molecular weight excluding hydrogens is 388 g/mol. The zero-order chi connectivity index (χ0) is 22.6. The van der Waals surface area contributed by atoms with Gasteiger partial charge in [-0.15, -0.1) is 0 Å². The average molecular weight is 429 g/mol. The summed E-state index contributed by atoms with van der Waals surface area (Å²) in [6.45, 7) is 9.78. The number of benzene rings is 1. The van der Waals surface area contributed by atoms with Crippen LogP contribution < -0.4 is 16.0 Å². The maximum Gasteiger partial charge on any atom is 0.246 e. The summed E-state index contributed by atoms with van der Waals surface area (Å²) in [7, 11) is 1.76. The predicted molar refractivity (Wildman–Crippen MR) is 125 cm³/mol. The molecule has 0 saturated carbocycles. The fourth-order valence-electron chi connectivity index (χ4n) is 5.01. The van der Waals surface area contributed by atoms with Gasteiger partial charge in [0.15, 0.2) is 0 Å². The van der Waals surface area contributed by atoms with Crippen LogP contribution in [-0.2, 0) is 16.0 Å². The van der Waals surface area contributed by atoms with Crippen molar-refractivity contribution in [2.45, 2.75) is 77.5 Å². The number of fused-ring (bicyclic) bond motifs is 1. The fourth-order valence-corrected chi connectivity index (χ4v) is 5.01. The molecule has 1 aromatic rings. The lowest BCUT2D eigenvalue weighted by Crippen LogP contribution is -2.61.